The number of aromatic nitrogens is 3. The van der Waals surface area contributed by atoms with E-state index in [9.17, 15) is 9.59 Å². The Bertz CT molecular complexity index is 1320. The van der Waals surface area contributed by atoms with Crippen molar-refractivity contribution in [2.75, 3.05) is 27.2 Å². The molecule has 0 radical (unpaired) electrons. The van der Waals surface area contributed by atoms with Crippen molar-refractivity contribution in [3.05, 3.63) is 64.9 Å². The molecule has 1 aliphatic rings. The molecule has 0 unspecified atom stereocenters. The molecule has 1 aromatic carbocycles. The predicted molar refractivity (Wildman–Crippen MR) is 120 cm³/mol. The molecule has 0 spiro atoms. The van der Waals surface area contributed by atoms with Crippen LogP contribution < -0.4 is 0 Å². The van der Waals surface area contributed by atoms with Crippen molar-refractivity contribution in [1.29, 1.82) is 0 Å². The van der Waals surface area contributed by atoms with Crippen LogP contribution in [0.2, 0.25) is 0 Å². The van der Waals surface area contributed by atoms with Crippen molar-refractivity contribution in [2.45, 2.75) is 12.3 Å². The molecule has 1 fully saturated rings. The van der Waals surface area contributed by atoms with Gasteiger partial charge in [-0.2, -0.15) is 0 Å². The number of thiophene rings is 1. The lowest BCUT2D eigenvalue weighted by molar-refractivity contribution is 0.0790. The molecule has 1 saturated heterocycles. The van der Waals surface area contributed by atoms with Crippen LogP contribution in [-0.4, -0.2) is 63.8 Å². The van der Waals surface area contributed by atoms with Gasteiger partial charge in [-0.15, -0.1) is 11.3 Å². The van der Waals surface area contributed by atoms with Crippen molar-refractivity contribution < 1.29 is 9.59 Å². The molecule has 8 heteroatoms. The monoisotopic (exact) mass is 431 g/mol. The number of rotatable bonds is 3. The van der Waals surface area contributed by atoms with Crippen molar-refractivity contribution >= 4 is 44.4 Å². The molecular weight excluding hydrogens is 410 g/mol. The molecule has 0 saturated carbocycles. The Hall–Kier alpha value is -3.39. The van der Waals surface area contributed by atoms with Crippen LogP contribution in [0.5, 0.6) is 0 Å². The Morgan fingerprint density at radius 2 is 1.94 bits per heavy atom. The second kappa shape index (κ2) is 7.70. The van der Waals surface area contributed by atoms with E-state index < -0.39 is 0 Å². The Morgan fingerprint density at radius 1 is 1.13 bits per heavy atom. The lowest BCUT2D eigenvalue weighted by atomic mass is 9.97. The average Bonchev–Trinajstić information content (AvgIpc) is 3.42. The summed E-state index contributed by atoms with van der Waals surface area (Å²) in [5.74, 6) is -0.0446. The molecule has 2 amide bonds. The fourth-order valence-electron chi connectivity index (χ4n) is 4.14. The Labute approximate surface area is 183 Å². The molecule has 5 rings (SSSR count). The molecule has 7 nitrogen and oxygen atoms in total. The van der Waals surface area contributed by atoms with Crippen LogP contribution in [0, 0.1) is 0 Å². The van der Waals surface area contributed by atoms with Gasteiger partial charge < -0.3 is 9.80 Å². The molecule has 156 valence electrons. The summed E-state index contributed by atoms with van der Waals surface area (Å²) >= 11 is 1.38. The standard InChI is InChI=1S/C23H21N5O2S/c1-27(2)23(30)20-18(19-21(31-20)25-9-8-24-19)15-7-10-28(13-15)22(29)16-11-14-5-3-4-6-17(14)26-12-16/h3-6,8-9,11-12,15H,7,10,13H2,1-2H3/t15-/m0/s1. The molecule has 0 bridgehead atoms. The maximum absolute atomic E-state index is 13.2. The molecule has 1 aliphatic heterocycles. The number of hydrogen-bond acceptors (Lipinski definition) is 6. The summed E-state index contributed by atoms with van der Waals surface area (Å²) in [4.78, 5) is 44.2. The van der Waals surface area contributed by atoms with E-state index in [1.807, 2.05) is 35.2 Å². The first-order valence-corrected chi connectivity index (χ1v) is 10.9. The largest absolute Gasteiger partial charge is 0.344 e. The summed E-state index contributed by atoms with van der Waals surface area (Å²) in [5.41, 5.74) is 3.13. The normalized spacial score (nSPS) is 16.2. The molecule has 0 N–H and O–H groups in total. The third-order valence-electron chi connectivity index (χ3n) is 5.68. The van der Waals surface area contributed by atoms with E-state index in [-0.39, 0.29) is 17.7 Å². The van der Waals surface area contributed by atoms with Crippen LogP contribution >= 0.6 is 11.3 Å². The van der Waals surface area contributed by atoms with Crippen molar-refractivity contribution in [1.82, 2.24) is 24.8 Å². The highest BCUT2D eigenvalue weighted by atomic mass is 32.1. The zero-order valence-electron chi connectivity index (χ0n) is 17.3. The predicted octanol–water partition coefficient (Wildman–Crippen LogP) is 3.57. The molecule has 4 heterocycles. The van der Waals surface area contributed by atoms with E-state index in [4.69, 9.17) is 0 Å². The Morgan fingerprint density at radius 3 is 2.77 bits per heavy atom. The first-order valence-electron chi connectivity index (χ1n) is 10.1. The number of benzene rings is 1. The minimum atomic E-state index is -0.0525. The lowest BCUT2D eigenvalue weighted by Crippen LogP contribution is -2.29. The van der Waals surface area contributed by atoms with E-state index in [0.29, 0.717) is 23.5 Å². The van der Waals surface area contributed by atoms with Gasteiger partial charge in [0.25, 0.3) is 11.8 Å². The van der Waals surface area contributed by atoms with Crippen LogP contribution in [0.25, 0.3) is 21.3 Å². The first-order chi connectivity index (χ1) is 15.0. The first kappa shape index (κ1) is 19.6. The summed E-state index contributed by atoms with van der Waals surface area (Å²) in [6.45, 7) is 1.17. The number of amides is 2. The summed E-state index contributed by atoms with van der Waals surface area (Å²) in [6.07, 6.45) is 5.72. The molecule has 1 atom stereocenters. The molecular formula is C23H21N5O2S. The maximum Gasteiger partial charge on any atom is 0.263 e. The molecule has 3 aromatic heterocycles. The second-order valence-corrected chi connectivity index (χ2v) is 8.91. The van der Waals surface area contributed by atoms with Crippen LogP contribution in [0.15, 0.2) is 48.9 Å². The van der Waals surface area contributed by atoms with Crippen LogP contribution in [0.4, 0.5) is 0 Å². The van der Waals surface area contributed by atoms with Gasteiger partial charge in [0.2, 0.25) is 0 Å². The average molecular weight is 432 g/mol. The fourth-order valence-corrected chi connectivity index (χ4v) is 5.34. The highest BCUT2D eigenvalue weighted by Gasteiger charge is 2.34. The van der Waals surface area contributed by atoms with Gasteiger partial charge in [0.05, 0.1) is 16.0 Å². The minimum absolute atomic E-state index is 0.0353. The number of carbonyl (C=O) groups is 2. The third kappa shape index (κ3) is 3.42. The van der Waals surface area contributed by atoms with E-state index >= 15 is 0 Å². The van der Waals surface area contributed by atoms with E-state index in [0.717, 1.165) is 33.2 Å². The van der Waals surface area contributed by atoms with Crippen LogP contribution in [-0.2, 0) is 0 Å². The van der Waals surface area contributed by atoms with Crippen LogP contribution in [0.3, 0.4) is 0 Å². The van der Waals surface area contributed by atoms with E-state index in [1.165, 1.54) is 11.3 Å². The van der Waals surface area contributed by atoms with E-state index in [1.54, 1.807) is 37.6 Å². The summed E-state index contributed by atoms with van der Waals surface area (Å²) in [6, 6.07) is 9.66. The zero-order valence-corrected chi connectivity index (χ0v) is 18.1. The fraction of sp³-hybridized carbons (Fsp3) is 0.261. The van der Waals surface area contributed by atoms with Gasteiger partial charge in [0.1, 0.15) is 10.3 Å². The third-order valence-corrected chi connectivity index (χ3v) is 6.78. The SMILES string of the molecule is CN(C)C(=O)c1sc2nccnc2c1[C@H]1CCN(C(=O)c2cnc3ccccc3c2)C1. The zero-order chi connectivity index (χ0) is 21.5. The molecule has 31 heavy (non-hydrogen) atoms. The highest BCUT2D eigenvalue weighted by Crippen LogP contribution is 2.39. The highest BCUT2D eigenvalue weighted by molar-refractivity contribution is 7.20. The number of para-hydroxylation sites is 1. The second-order valence-electron chi connectivity index (χ2n) is 7.91. The molecule has 4 aromatic rings. The van der Waals surface area contributed by atoms with Gasteiger partial charge in [-0.25, -0.2) is 4.98 Å². The van der Waals surface area contributed by atoms with Gasteiger partial charge in [0.15, 0.2) is 0 Å². The van der Waals surface area contributed by atoms with Gasteiger partial charge >= 0.3 is 0 Å². The molecule has 0 aliphatic carbocycles. The number of pyridine rings is 1. The topological polar surface area (TPSA) is 79.3 Å². The van der Waals surface area contributed by atoms with Gasteiger partial charge in [0, 0.05) is 62.6 Å². The van der Waals surface area contributed by atoms with Gasteiger partial charge in [-0.1, -0.05) is 18.2 Å². The quantitative estimate of drug-likeness (QED) is 0.495. The lowest BCUT2D eigenvalue weighted by Gasteiger charge is -2.18. The summed E-state index contributed by atoms with van der Waals surface area (Å²) < 4.78 is 0. The van der Waals surface area contributed by atoms with E-state index in [2.05, 4.69) is 15.0 Å². The number of fused-ring (bicyclic) bond motifs is 2. The van der Waals surface area contributed by atoms with Gasteiger partial charge in [-0.3, -0.25) is 19.6 Å². The number of hydrogen-bond donors (Lipinski definition) is 0. The minimum Gasteiger partial charge on any atom is -0.344 e. The van der Waals surface area contributed by atoms with Crippen molar-refractivity contribution in [3.63, 3.8) is 0 Å². The maximum atomic E-state index is 13.2. The van der Waals surface area contributed by atoms with Crippen molar-refractivity contribution in [2.24, 2.45) is 0 Å². The summed E-state index contributed by atoms with van der Waals surface area (Å²) in [7, 11) is 3.49. The number of carbonyl (C=O) groups excluding carboxylic acids is 2. The van der Waals surface area contributed by atoms with Crippen molar-refractivity contribution in [3.8, 4) is 0 Å². The number of likely N-dealkylation sites (tertiary alicyclic amines) is 1. The smallest absolute Gasteiger partial charge is 0.263 e. The Kier molecular flexibility index (Phi) is 4.86. The summed E-state index contributed by atoms with van der Waals surface area (Å²) in [5, 5.41) is 0.946. The van der Waals surface area contributed by atoms with Crippen LogP contribution in [0.1, 0.15) is 37.9 Å². The van der Waals surface area contributed by atoms with Gasteiger partial charge in [-0.05, 0) is 18.6 Å². The Balaban J connectivity index is 1.46. The number of nitrogens with zero attached hydrogens (tertiary/aromatic N) is 5.